The number of nitrogens with one attached hydrogen (secondary N) is 2. The van der Waals surface area contributed by atoms with Crippen LogP contribution < -0.4 is 5.69 Å². The van der Waals surface area contributed by atoms with Crippen molar-refractivity contribution in [3.8, 4) is 11.3 Å². The van der Waals surface area contributed by atoms with Gasteiger partial charge in [-0.2, -0.15) is 0 Å². The minimum atomic E-state index is -0.393. The molecule has 2 aromatic rings. The molecule has 5 nitrogen and oxygen atoms in total. The second-order valence-corrected chi connectivity index (χ2v) is 2.75. The van der Waals surface area contributed by atoms with E-state index in [1.807, 2.05) is 0 Å². The van der Waals surface area contributed by atoms with Gasteiger partial charge in [0.05, 0.1) is 5.69 Å². The van der Waals surface area contributed by atoms with Crippen LogP contribution in [0.4, 0.5) is 0 Å². The lowest BCUT2D eigenvalue weighted by Crippen LogP contribution is -2.07. The molecule has 0 saturated heterocycles. The molecule has 0 unspecified atom stereocenters. The number of aromatic nitrogens is 3. The molecule has 0 bridgehead atoms. The summed E-state index contributed by atoms with van der Waals surface area (Å²) in [5.74, 6) is 0. The van der Waals surface area contributed by atoms with E-state index >= 15 is 0 Å². The van der Waals surface area contributed by atoms with Gasteiger partial charge in [-0.1, -0.05) is 0 Å². The van der Waals surface area contributed by atoms with E-state index in [9.17, 15) is 9.59 Å². The Morgan fingerprint density at radius 1 is 1.36 bits per heavy atom. The lowest BCUT2D eigenvalue weighted by molar-refractivity contribution is 0.111. The van der Waals surface area contributed by atoms with Crippen molar-refractivity contribution >= 4 is 6.29 Å². The molecule has 70 valence electrons. The molecule has 0 radical (unpaired) electrons. The van der Waals surface area contributed by atoms with Crippen LogP contribution in [0.3, 0.4) is 0 Å². The van der Waals surface area contributed by atoms with Gasteiger partial charge >= 0.3 is 5.69 Å². The highest BCUT2D eigenvalue weighted by Gasteiger charge is 2.00. The van der Waals surface area contributed by atoms with Crippen LogP contribution in [-0.2, 0) is 0 Å². The number of nitrogens with zero attached hydrogens (tertiary/aromatic N) is 1. The van der Waals surface area contributed by atoms with Crippen LogP contribution in [0.1, 0.15) is 10.5 Å². The van der Waals surface area contributed by atoms with Gasteiger partial charge in [0.1, 0.15) is 0 Å². The third-order valence-corrected chi connectivity index (χ3v) is 1.82. The summed E-state index contributed by atoms with van der Waals surface area (Å²) in [4.78, 5) is 30.0. The molecule has 0 saturated carbocycles. The van der Waals surface area contributed by atoms with Crippen molar-refractivity contribution in [1.29, 1.82) is 0 Å². The molecule has 14 heavy (non-hydrogen) atoms. The van der Waals surface area contributed by atoms with Crippen molar-refractivity contribution in [1.82, 2.24) is 15.0 Å². The maximum absolute atomic E-state index is 10.7. The molecule has 0 atom stereocenters. The number of rotatable bonds is 2. The average molecular weight is 189 g/mol. The first-order valence-corrected chi connectivity index (χ1v) is 3.99. The van der Waals surface area contributed by atoms with Crippen molar-refractivity contribution in [2.45, 2.75) is 0 Å². The van der Waals surface area contributed by atoms with Crippen LogP contribution in [0.2, 0.25) is 0 Å². The largest absolute Gasteiger partial charge is 0.352 e. The minimum absolute atomic E-state index is 0.393. The summed E-state index contributed by atoms with van der Waals surface area (Å²) in [6.07, 6.45) is 3.71. The molecule has 0 amide bonds. The van der Waals surface area contributed by atoms with Gasteiger partial charge in [-0.3, -0.25) is 4.79 Å². The molecule has 0 aromatic carbocycles. The van der Waals surface area contributed by atoms with Gasteiger partial charge in [0.2, 0.25) is 0 Å². The summed E-state index contributed by atoms with van der Waals surface area (Å²) in [5, 5.41) is 0. The van der Waals surface area contributed by atoms with Gasteiger partial charge in [0, 0.05) is 23.7 Å². The van der Waals surface area contributed by atoms with Crippen molar-refractivity contribution in [2.75, 3.05) is 0 Å². The maximum Gasteiger partial charge on any atom is 0.344 e. The van der Waals surface area contributed by atoms with Crippen molar-refractivity contribution in [2.24, 2.45) is 0 Å². The van der Waals surface area contributed by atoms with E-state index in [1.165, 1.54) is 12.4 Å². The molecule has 0 aliphatic rings. The Balaban J connectivity index is 2.44. The van der Waals surface area contributed by atoms with Crippen LogP contribution in [-0.4, -0.2) is 21.2 Å². The van der Waals surface area contributed by atoms with Crippen LogP contribution in [0.15, 0.2) is 29.3 Å². The SMILES string of the molecule is O=Cc1ccc(-c2cnc(=O)[nH]c2)[nH]1. The Bertz CT molecular complexity index is 492. The van der Waals surface area contributed by atoms with Gasteiger partial charge in [-0.05, 0) is 12.1 Å². The molecule has 2 aromatic heterocycles. The molecule has 2 rings (SSSR count). The third kappa shape index (κ3) is 1.47. The predicted octanol–water partition coefficient (Wildman–Crippen LogP) is 0.577. The number of aldehydes is 1. The van der Waals surface area contributed by atoms with Gasteiger partial charge in [-0.25, -0.2) is 9.78 Å². The molecule has 0 spiro atoms. The number of carbonyl (C=O) groups is 1. The monoisotopic (exact) mass is 189 g/mol. The lowest BCUT2D eigenvalue weighted by atomic mass is 10.2. The molecule has 0 aliphatic heterocycles. The normalized spacial score (nSPS) is 10.0. The quantitative estimate of drug-likeness (QED) is 0.678. The fraction of sp³-hybridized carbons (Fsp3) is 0. The fourth-order valence-corrected chi connectivity index (χ4v) is 1.14. The highest BCUT2D eigenvalue weighted by molar-refractivity contribution is 5.74. The fourth-order valence-electron chi connectivity index (χ4n) is 1.14. The van der Waals surface area contributed by atoms with E-state index in [2.05, 4.69) is 15.0 Å². The first-order chi connectivity index (χ1) is 6.79. The van der Waals surface area contributed by atoms with Crippen LogP contribution in [0.25, 0.3) is 11.3 Å². The molecule has 0 fully saturated rings. The Labute approximate surface area is 78.8 Å². The van der Waals surface area contributed by atoms with E-state index in [0.29, 0.717) is 5.69 Å². The van der Waals surface area contributed by atoms with Gasteiger partial charge in [0.25, 0.3) is 0 Å². The third-order valence-electron chi connectivity index (χ3n) is 1.82. The smallest absolute Gasteiger partial charge is 0.344 e. The van der Waals surface area contributed by atoms with Gasteiger partial charge < -0.3 is 9.97 Å². The van der Waals surface area contributed by atoms with Gasteiger partial charge in [0.15, 0.2) is 6.29 Å². The van der Waals surface area contributed by atoms with E-state index in [1.54, 1.807) is 12.1 Å². The summed E-state index contributed by atoms with van der Waals surface area (Å²) in [7, 11) is 0. The highest BCUT2D eigenvalue weighted by atomic mass is 16.1. The topological polar surface area (TPSA) is 78.6 Å². The summed E-state index contributed by atoms with van der Waals surface area (Å²) >= 11 is 0. The minimum Gasteiger partial charge on any atom is -0.352 e. The van der Waals surface area contributed by atoms with Crippen LogP contribution >= 0.6 is 0 Å². The molecular weight excluding hydrogens is 182 g/mol. The summed E-state index contributed by atoms with van der Waals surface area (Å²) in [6, 6.07) is 3.41. The first-order valence-electron chi connectivity index (χ1n) is 3.99. The summed E-state index contributed by atoms with van der Waals surface area (Å²) < 4.78 is 0. The lowest BCUT2D eigenvalue weighted by Gasteiger charge is -1.94. The zero-order chi connectivity index (χ0) is 9.97. The van der Waals surface area contributed by atoms with Crippen molar-refractivity contribution < 1.29 is 4.79 Å². The van der Waals surface area contributed by atoms with Gasteiger partial charge in [-0.15, -0.1) is 0 Å². The molecule has 5 heteroatoms. The van der Waals surface area contributed by atoms with E-state index in [4.69, 9.17) is 0 Å². The molecule has 0 aliphatic carbocycles. The summed E-state index contributed by atoms with van der Waals surface area (Å²) in [6.45, 7) is 0. The number of hydrogen-bond donors (Lipinski definition) is 2. The zero-order valence-electron chi connectivity index (χ0n) is 7.15. The Morgan fingerprint density at radius 3 is 2.79 bits per heavy atom. The highest BCUT2D eigenvalue weighted by Crippen LogP contribution is 2.14. The first kappa shape index (κ1) is 8.43. The Kier molecular flexibility index (Phi) is 1.98. The number of carbonyl (C=O) groups excluding carboxylic acids is 1. The Morgan fingerprint density at radius 2 is 2.21 bits per heavy atom. The van der Waals surface area contributed by atoms with Crippen LogP contribution in [0, 0.1) is 0 Å². The number of aromatic amines is 2. The van der Waals surface area contributed by atoms with Crippen LogP contribution in [0.5, 0.6) is 0 Å². The Hall–Kier alpha value is -2.17. The second kappa shape index (κ2) is 3.29. The average Bonchev–Trinajstić information content (AvgIpc) is 2.67. The van der Waals surface area contributed by atoms with E-state index in [-0.39, 0.29) is 0 Å². The predicted molar refractivity (Wildman–Crippen MR) is 50.0 cm³/mol. The van der Waals surface area contributed by atoms with E-state index in [0.717, 1.165) is 17.5 Å². The second-order valence-electron chi connectivity index (χ2n) is 2.75. The standard InChI is InChI=1S/C9H7N3O2/c13-5-7-1-2-8(12-7)6-3-10-9(14)11-4-6/h1-5,12H,(H,10,11,14). The van der Waals surface area contributed by atoms with Crippen molar-refractivity contribution in [3.63, 3.8) is 0 Å². The zero-order valence-corrected chi connectivity index (χ0v) is 7.15. The maximum atomic E-state index is 10.7. The number of H-pyrrole nitrogens is 2. The molecule has 2 N–H and O–H groups in total. The molecule has 2 heterocycles. The molecular formula is C9H7N3O2. The number of hydrogen-bond acceptors (Lipinski definition) is 3. The van der Waals surface area contributed by atoms with Crippen molar-refractivity contribution in [3.05, 3.63) is 40.7 Å². The summed E-state index contributed by atoms with van der Waals surface area (Å²) in [5.41, 5.74) is 1.58. The van der Waals surface area contributed by atoms with E-state index < -0.39 is 5.69 Å².